The van der Waals surface area contributed by atoms with Crippen LogP contribution in [0.4, 0.5) is 4.39 Å². The Morgan fingerprint density at radius 3 is 2.64 bits per heavy atom. The van der Waals surface area contributed by atoms with Crippen LogP contribution in [-0.4, -0.2) is 56.3 Å². The zero-order valence-electron chi connectivity index (χ0n) is 18.4. The molecule has 0 spiro atoms. The summed E-state index contributed by atoms with van der Waals surface area (Å²) in [5.74, 6) is 1.08. The molecule has 9 heteroatoms. The van der Waals surface area contributed by atoms with Gasteiger partial charge in [-0.3, -0.25) is 4.90 Å². The van der Waals surface area contributed by atoms with Crippen molar-refractivity contribution < 1.29 is 13.9 Å². The van der Waals surface area contributed by atoms with Crippen LogP contribution >= 0.6 is 11.6 Å². The Bertz CT molecular complexity index is 1060. The summed E-state index contributed by atoms with van der Waals surface area (Å²) in [6, 6.07) is 7.46. The summed E-state index contributed by atoms with van der Waals surface area (Å²) in [5.41, 5.74) is 1.01. The van der Waals surface area contributed by atoms with Gasteiger partial charge < -0.3 is 14.0 Å². The van der Waals surface area contributed by atoms with Crippen molar-refractivity contribution in [2.24, 2.45) is 0 Å². The van der Waals surface area contributed by atoms with Crippen molar-refractivity contribution in [1.82, 2.24) is 24.4 Å². The van der Waals surface area contributed by atoms with Gasteiger partial charge in [0.2, 0.25) is 5.82 Å². The van der Waals surface area contributed by atoms with Gasteiger partial charge in [-0.1, -0.05) is 23.7 Å². The van der Waals surface area contributed by atoms with E-state index in [1.165, 1.54) is 6.20 Å². The molecule has 33 heavy (non-hydrogen) atoms. The molecule has 1 aromatic carbocycles. The Morgan fingerprint density at radius 2 is 1.91 bits per heavy atom. The topological polar surface area (TPSA) is 65.3 Å². The van der Waals surface area contributed by atoms with E-state index in [-0.39, 0.29) is 12.0 Å². The number of piperidine rings is 1. The molecule has 174 valence electrons. The highest BCUT2D eigenvalue weighted by Crippen LogP contribution is 2.22. The molecule has 0 saturated carbocycles. The van der Waals surface area contributed by atoms with Gasteiger partial charge in [-0.25, -0.2) is 9.97 Å². The first-order chi connectivity index (χ1) is 16.1. The summed E-state index contributed by atoms with van der Waals surface area (Å²) in [6.45, 7) is 4.24. The van der Waals surface area contributed by atoms with Gasteiger partial charge in [0.1, 0.15) is 17.8 Å². The average Bonchev–Trinajstić information content (AvgIpc) is 3.23. The fourth-order valence-electron chi connectivity index (χ4n) is 4.19. The fraction of sp³-hybridized carbons (Fsp3) is 0.458. The summed E-state index contributed by atoms with van der Waals surface area (Å²) in [5, 5.41) is 0.672. The lowest BCUT2D eigenvalue weighted by atomic mass is 10.1. The molecule has 0 aliphatic carbocycles. The van der Waals surface area contributed by atoms with E-state index in [2.05, 4.69) is 24.4 Å². The lowest BCUT2D eigenvalue weighted by Gasteiger charge is -2.32. The third kappa shape index (κ3) is 5.69. The van der Waals surface area contributed by atoms with Crippen LogP contribution in [0, 0.1) is 5.82 Å². The molecule has 5 rings (SSSR count). The minimum atomic E-state index is -0.530. The number of nitrogens with zero attached hydrogens (tertiary/aromatic N) is 5. The maximum Gasteiger partial charge on any atom is 0.254 e. The van der Waals surface area contributed by atoms with Gasteiger partial charge in [0.25, 0.3) is 5.88 Å². The first-order valence-electron chi connectivity index (χ1n) is 11.4. The molecule has 2 fully saturated rings. The minimum Gasteiger partial charge on any atom is -0.472 e. The van der Waals surface area contributed by atoms with Gasteiger partial charge in [0, 0.05) is 43.5 Å². The zero-order chi connectivity index (χ0) is 22.6. The van der Waals surface area contributed by atoms with E-state index in [0.29, 0.717) is 23.4 Å². The molecule has 2 saturated heterocycles. The van der Waals surface area contributed by atoms with Crippen LogP contribution in [0.3, 0.4) is 0 Å². The Labute approximate surface area is 197 Å². The molecule has 0 amide bonds. The fourth-order valence-corrected chi connectivity index (χ4v) is 4.31. The second-order valence-corrected chi connectivity index (χ2v) is 9.05. The van der Waals surface area contributed by atoms with Crippen molar-refractivity contribution >= 4 is 11.6 Å². The van der Waals surface area contributed by atoms with Gasteiger partial charge in [0.15, 0.2) is 0 Å². The second kappa shape index (κ2) is 10.2. The van der Waals surface area contributed by atoms with Crippen molar-refractivity contribution in [1.29, 1.82) is 0 Å². The zero-order valence-corrected chi connectivity index (χ0v) is 19.1. The maximum absolute atomic E-state index is 14.3. The summed E-state index contributed by atoms with van der Waals surface area (Å²) < 4.78 is 28.0. The molecule has 2 aromatic heterocycles. The molecule has 0 bridgehead atoms. The number of hydrogen-bond donors (Lipinski definition) is 0. The normalized spacial score (nSPS) is 19.4. The van der Waals surface area contributed by atoms with E-state index in [1.54, 1.807) is 0 Å². The standard InChI is InChI=1S/C24H27ClFN5O2/c25-18-3-1-17(2-4-18)13-22-28-14-21(26)24(29-22)33-19-5-9-30(10-6-19)16-23-27-8-11-31(23)15-20-7-12-32-20/h1-4,8,11,14,19-20H,5-7,9-10,12-13,15-16H2/t20-/m0/s1. The molecular formula is C24H27ClFN5O2. The number of rotatable bonds is 8. The molecule has 1 atom stereocenters. The summed E-state index contributed by atoms with van der Waals surface area (Å²) in [7, 11) is 0. The highest BCUT2D eigenvalue weighted by Gasteiger charge is 2.25. The maximum atomic E-state index is 14.3. The average molecular weight is 472 g/mol. The molecule has 0 radical (unpaired) electrons. The lowest BCUT2D eigenvalue weighted by Crippen LogP contribution is -2.39. The van der Waals surface area contributed by atoms with Crippen molar-refractivity contribution in [3.63, 3.8) is 0 Å². The lowest BCUT2D eigenvalue weighted by molar-refractivity contribution is -0.0598. The third-order valence-corrected chi connectivity index (χ3v) is 6.46. The predicted octanol–water partition coefficient (Wildman–Crippen LogP) is 3.89. The first kappa shape index (κ1) is 22.3. The van der Waals surface area contributed by atoms with Crippen molar-refractivity contribution in [3.05, 3.63) is 70.9 Å². The quantitative estimate of drug-likeness (QED) is 0.496. The van der Waals surface area contributed by atoms with Crippen molar-refractivity contribution in [2.75, 3.05) is 19.7 Å². The highest BCUT2D eigenvalue weighted by molar-refractivity contribution is 6.30. The van der Waals surface area contributed by atoms with Crippen molar-refractivity contribution in [2.45, 2.75) is 51.0 Å². The van der Waals surface area contributed by atoms with Crippen molar-refractivity contribution in [3.8, 4) is 5.88 Å². The SMILES string of the molecule is Fc1cnc(Cc2ccc(Cl)cc2)nc1OC1CCN(Cc2nccn2C[C@@H]2CCO2)CC1. The van der Waals surface area contributed by atoms with Crippen LogP contribution in [0.5, 0.6) is 5.88 Å². The highest BCUT2D eigenvalue weighted by atomic mass is 35.5. The number of ether oxygens (including phenoxy) is 2. The van der Waals surface area contributed by atoms with Crippen LogP contribution in [-0.2, 0) is 24.2 Å². The molecular weight excluding hydrogens is 445 g/mol. The second-order valence-electron chi connectivity index (χ2n) is 8.61. The van der Waals surface area contributed by atoms with E-state index in [0.717, 1.165) is 63.4 Å². The predicted molar refractivity (Wildman–Crippen MR) is 122 cm³/mol. The number of likely N-dealkylation sites (tertiary alicyclic amines) is 1. The van der Waals surface area contributed by atoms with E-state index >= 15 is 0 Å². The summed E-state index contributed by atoms with van der Waals surface area (Å²) >= 11 is 5.94. The van der Waals surface area contributed by atoms with Crippen LogP contribution in [0.15, 0.2) is 42.9 Å². The molecule has 2 aliphatic heterocycles. The van der Waals surface area contributed by atoms with E-state index < -0.39 is 5.82 Å². The molecule has 0 unspecified atom stereocenters. The van der Waals surface area contributed by atoms with Gasteiger partial charge >= 0.3 is 0 Å². The summed E-state index contributed by atoms with van der Waals surface area (Å²) in [6.07, 6.45) is 8.52. The Morgan fingerprint density at radius 1 is 1.12 bits per heavy atom. The largest absolute Gasteiger partial charge is 0.472 e. The first-order valence-corrected chi connectivity index (χ1v) is 11.8. The van der Waals surface area contributed by atoms with Gasteiger partial charge in [0.05, 0.1) is 25.4 Å². The smallest absolute Gasteiger partial charge is 0.254 e. The number of benzene rings is 1. The number of halogens is 2. The molecule has 4 heterocycles. The van der Waals surface area contributed by atoms with E-state index in [1.807, 2.05) is 36.7 Å². The van der Waals surface area contributed by atoms with Crippen LogP contribution in [0.25, 0.3) is 0 Å². The third-order valence-electron chi connectivity index (χ3n) is 6.21. The van der Waals surface area contributed by atoms with Crippen LogP contribution in [0.2, 0.25) is 5.02 Å². The molecule has 0 N–H and O–H groups in total. The Hall–Kier alpha value is -2.55. The van der Waals surface area contributed by atoms with Crippen LogP contribution in [0.1, 0.15) is 36.5 Å². The molecule has 3 aromatic rings. The number of imidazole rings is 1. The van der Waals surface area contributed by atoms with Crippen LogP contribution < -0.4 is 4.74 Å². The minimum absolute atomic E-state index is 0.0310. The number of aromatic nitrogens is 4. The molecule has 7 nitrogen and oxygen atoms in total. The monoisotopic (exact) mass is 471 g/mol. The number of hydrogen-bond acceptors (Lipinski definition) is 6. The van der Waals surface area contributed by atoms with E-state index in [9.17, 15) is 4.39 Å². The molecule has 2 aliphatic rings. The Balaban J connectivity index is 1.14. The summed E-state index contributed by atoms with van der Waals surface area (Å²) in [4.78, 5) is 15.3. The van der Waals surface area contributed by atoms with Gasteiger partial charge in [-0.15, -0.1) is 0 Å². The van der Waals surface area contributed by atoms with Gasteiger partial charge in [-0.05, 0) is 37.0 Å². The van der Waals surface area contributed by atoms with E-state index in [4.69, 9.17) is 21.1 Å². The Kier molecular flexibility index (Phi) is 6.85. The van der Waals surface area contributed by atoms with Gasteiger partial charge in [-0.2, -0.15) is 9.37 Å².